The summed E-state index contributed by atoms with van der Waals surface area (Å²) in [5.74, 6) is -0.204. The summed E-state index contributed by atoms with van der Waals surface area (Å²) in [6.07, 6.45) is 3.50. The largest absolute Gasteiger partial charge is 0.368 e. The molecule has 1 N–H and O–H groups in total. The van der Waals surface area contributed by atoms with Crippen LogP contribution in [0.25, 0.3) is 11.1 Å². The van der Waals surface area contributed by atoms with Crippen LogP contribution < -0.4 is 15.1 Å². The minimum Gasteiger partial charge on any atom is -0.368 e. The lowest BCUT2D eigenvalue weighted by atomic mass is 9.99. The fraction of sp³-hybridized carbons (Fsp3) is 0.257. The van der Waals surface area contributed by atoms with Gasteiger partial charge in [-0.1, -0.05) is 60.7 Å². The molecule has 6 heteroatoms. The Hall–Kier alpha value is -4.42. The summed E-state index contributed by atoms with van der Waals surface area (Å²) in [6.45, 7) is 6.02. The number of nitrogens with zero attached hydrogens (tertiary/aromatic N) is 3. The monoisotopic (exact) mass is 544 g/mol. The molecule has 0 atom stereocenters. The van der Waals surface area contributed by atoms with Gasteiger partial charge >= 0.3 is 0 Å². The lowest BCUT2D eigenvalue weighted by molar-refractivity contribution is 0.0986. The molecule has 0 spiro atoms. The van der Waals surface area contributed by atoms with Crippen LogP contribution in [-0.2, 0) is 0 Å². The van der Waals surface area contributed by atoms with E-state index in [1.54, 1.807) is 12.1 Å². The van der Waals surface area contributed by atoms with E-state index in [0.29, 0.717) is 23.4 Å². The normalized spacial score (nSPS) is 15.3. The van der Waals surface area contributed by atoms with Crippen LogP contribution in [0, 0.1) is 0 Å². The topological polar surface area (TPSA) is 55.9 Å². The van der Waals surface area contributed by atoms with E-state index in [2.05, 4.69) is 33.3 Å². The molecule has 4 aromatic rings. The lowest BCUT2D eigenvalue weighted by Gasteiger charge is -2.28. The molecule has 0 unspecified atom stereocenters. The van der Waals surface area contributed by atoms with Gasteiger partial charge < -0.3 is 20.0 Å². The van der Waals surface area contributed by atoms with Crippen molar-refractivity contribution in [3.05, 3.63) is 114 Å². The third-order valence-electron chi connectivity index (χ3n) is 8.10. The molecular formula is C35H36N4O2. The van der Waals surface area contributed by atoms with Gasteiger partial charge in [-0.05, 0) is 85.9 Å². The predicted molar refractivity (Wildman–Crippen MR) is 167 cm³/mol. The van der Waals surface area contributed by atoms with Crippen LogP contribution in [0.3, 0.4) is 0 Å². The average Bonchev–Trinajstić information content (AvgIpc) is 3.48. The first-order valence-electron chi connectivity index (χ1n) is 14.6. The van der Waals surface area contributed by atoms with E-state index < -0.39 is 0 Å². The van der Waals surface area contributed by atoms with Crippen LogP contribution in [-0.4, -0.2) is 56.0 Å². The zero-order valence-corrected chi connectivity index (χ0v) is 23.3. The summed E-state index contributed by atoms with van der Waals surface area (Å²) in [6, 6.07) is 33.0. The van der Waals surface area contributed by atoms with Crippen LogP contribution in [0.2, 0.25) is 0 Å². The molecule has 4 aromatic carbocycles. The number of para-hydroxylation sites is 2. The van der Waals surface area contributed by atoms with E-state index in [0.717, 1.165) is 48.6 Å². The number of amides is 2. The van der Waals surface area contributed by atoms with Crippen LogP contribution in [0.1, 0.15) is 40.0 Å². The van der Waals surface area contributed by atoms with E-state index in [1.165, 1.54) is 25.9 Å². The molecule has 6 nitrogen and oxygen atoms in total. The molecule has 0 aromatic heterocycles. The first-order chi connectivity index (χ1) is 20.2. The first-order valence-corrected chi connectivity index (χ1v) is 14.6. The van der Waals surface area contributed by atoms with Crippen molar-refractivity contribution in [1.82, 2.24) is 4.90 Å². The number of hydrogen-bond donors (Lipinski definition) is 1. The second-order valence-corrected chi connectivity index (χ2v) is 10.8. The summed E-state index contributed by atoms with van der Waals surface area (Å²) in [4.78, 5) is 33.9. The molecule has 208 valence electrons. The molecule has 41 heavy (non-hydrogen) atoms. The molecule has 2 amide bonds. The van der Waals surface area contributed by atoms with Crippen molar-refractivity contribution < 1.29 is 9.59 Å². The quantitative estimate of drug-likeness (QED) is 0.286. The minimum atomic E-state index is -0.181. The van der Waals surface area contributed by atoms with E-state index in [4.69, 9.17) is 0 Å². The molecule has 0 saturated carbocycles. The van der Waals surface area contributed by atoms with Gasteiger partial charge in [0, 0.05) is 43.0 Å². The van der Waals surface area contributed by atoms with Crippen LogP contribution >= 0.6 is 0 Å². The predicted octanol–water partition coefficient (Wildman–Crippen LogP) is 6.56. The van der Waals surface area contributed by atoms with Gasteiger partial charge in [0.1, 0.15) is 0 Å². The van der Waals surface area contributed by atoms with Gasteiger partial charge in [-0.2, -0.15) is 0 Å². The van der Waals surface area contributed by atoms with E-state index in [9.17, 15) is 9.59 Å². The highest BCUT2D eigenvalue weighted by atomic mass is 16.2. The van der Waals surface area contributed by atoms with Crippen molar-refractivity contribution in [3.63, 3.8) is 0 Å². The summed E-state index contributed by atoms with van der Waals surface area (Å²) in [5.41, 5.74) is 5.82. The third kappa shape index (κ3) is 6.03. The Morgan fingerprint density at radius 2 is 1.32 bits per heavy atom. The van der Waals surface area contributed by atoms with Crippen molar-refractivity contribution in [1.29, 1.82) is 0 Å². The van der Waals surface area contributed by atoms with Gasteiger partial charge in [-0.3, -0.25) is 9.59 Å². The second kappa shape index (κ2) is 12.4. The maximum atomic E-state index is 13.8. The molecule has 1 fully saturated rings. The number of anilines is 3. The van der Waals surface area contributed by atoms with Crippen molar-refractivity contribution in [2.45, 2.75) is 19.3 Å². The van der Waals surface area contributed by atoms with Crippen molar-refractivity contribution in [3.8, 4) is 11.1 Å². The standard InChI is InChI=1S/C35H36N4O2/c40-34(31-14-5-4-13-30(31)27-11-2-1-3-12-27)36-29-19-17-28(18-20-29)35(41)39-24-10-23-38(26-25-37-21-8-9-22-37)32-15-6-7-16-33(32)39/h1-7,11-20H,8-10,21-26H2,(H,36,40). The number of carbonyl (C=O) groups excluding carboxylic acids is 2. The maximum absolute atomic E-state index is 13.8. The second-order valence-electron chi connectivity index (χ2n) is 10.8. The summed E-state index contributed by atoms with van der Waals surface area (Å²) in [5, 5.41) is 3.01. The molecule has 0 bridgehead atoms. The minimum absolute atomic E-state index is 0.0221. The highest BCUT2D eigenvalue weighted by molar-refractivity contribution is 6.10. The summed E-state index contributed by atoms with van der Waals surface area (Å²) >= 11 is 0. The van der Waals surface area contributed by atoms with Gasteiger partial charge in [-0.25, -0.2) is 0 Å². The smallest absolute Gasteiger partial charge is 0.258 e. The highest BCUT2D eigenvalue weighted by Gasteiger charge is 2.26. The SMILES string of the molecule is O=C(Nc1ccc(C(=O)N2CCCN(CCN3CCCC3)c3ccccc32)cc1)c1ccccc1-c1ccccc1. The van der Waals surface area contributed by atoms with Gasteiger partial charge in [0.25, 0.3) is 11.8 Å². The Kier molecular flexibility index (Phi) is 8.10. The molecule has 1 saturated heterocycles. The number of fused-ring (bicyclic) bond motifs is 1. The molecule has 2 aliphatic rings. The number of rotatable bonds is 7. The van der Waals surface area contributed by atoms with Gasteiger partial charge in [0.2, 0.25) is 0 Å². The van der Waals surface area contributed by atoms with Gasteiger partial charge in [-0.15, -0.1) is 0 Å². The Morgan fingerprint density at radius 3 is 2.10 bits per heavy atom. The first kappa shape index (κ1) is 26.8. The van der Waals surface area contributed by atoms with Crippen molar-refractivity contribution >= 4 is 28.9 Å². The maximum Gasteiger partial charge on any atom is 0.258 e. The van der Waals surface area contributed by atoms with E-state index >= 15 is 0 Å². The van der Waals surface area contributed by atoms with Gasteiger partial charge in [0.15, 0.2) is 0 Å². The number of likely N-dealkylation sites (tertiary alicyclic amines) is 1. The molecule has 0 aliphatic carbocycles. The molecule has 2 heterocycles. The lowest BCUT2D eigenvalue weighted by Crippen LogP contribution is -2.34. The average molecular weight is 545 g/mol. The fourth-order valence-corrected chi connectivity index (χ4v) is 5.93. The highest BCUT2D eigenvalue weighted by Crippen LogP contribution is 2.33. The molecule has 6 rings (SSSR count). The zero-order valence-electron chi connectivity index (χ0n) is 23.3. The Balaban J connectivity index is 1.16. The van der Waals surface area contributed by atoms with Crippen molar-refractivity contribution in [2.24, 2.45) is 0 Å². The van der Waals surface area contributed by atoms with Gasteiger partial charge in [0.05, 0.1) is 11.4 Å². The fourth-order valence-electron chi connectivity index (χ4n) is 5.93. The van der Waals surface area contributed by atoms with Crippen LogP contribution in [0.4, 0.5) is 17.1 Å². The van der Waals surface area contributed by atoms with Crippen LogP contribution in [0.5, 0.6) is 0 Å². The summed E-state index contributed by atoms with van der Waals surface area (Å²) < 4.78 is 0. The Bertz CT molecular complexity index is 1500. The number of nitrogens with one attached hydrogen (secondary N) is 1. The van der Waals surface area contributed by atoms with Crippen LogP contribution in [0.15, 0.2) is 103 Å². The van der Waals surface area contributed by atoms with Crippen molar-refractivity contribution in [2.75, 3.05) is 54.4 Å². The number of carbonyl (C=O) groups is 2. The van der Waals surface area contributed by atoms with E-state index in [-0.39, 0.29) is 11.8 Å². The number of hydrogen-bond acceptors (Lipinski definition) is 4. The molecule has 2 aliphatic heterocycles. The zero-order chi connectivity index (χ0) is 28.0. The van der Waals surface area contributed by atoms with E-state index in [1.807, 2.05) is 77.7 Å². The summed E-state index contributed by atoms with van der Waals surface area (Å²) in [7, 11) is 0. The molecular weight excluding hydrogens is 508 g/mol. The Morgan fingerprint density at radius 1 is 0.634 bits per heavy atom. The Labute approximate surface area is 242 Å². The molecule has 0 radical (unpaired) electrons. The third-order valence-corrected chi connectivity index (χ3v) is 8.10. The number of benzene rings is 4.